The Balaban J connectivity index is 1.51. The van der Waals surface area contributed by atoms with Crippen molar-refractivity contribution < 1.29 is 32.2 Å². The zero-order chi connectivity index (χ0) is 24.0. The third-order valence-electron chi connectivity index (χ3n) is 6.07. The monoisotopic (exact) mass is 474 g/mol. The second-order valence-corrected chi connectivity index (χ2v) is 8.22. The van der Waals surface area contributed by atoms with Crippen LogP contribution >= 0.6 is 0 Å². The number of halogens is 3. The lowest BCUT2D eigenvalue weighted by atomic mass is 10.0. The van der Waals surface area contributed by atoms with Gasteiger partial charge in [0.25, 0.3) is 5.91 Å². The number of hydrogen-bond donors (Lipinski definition) is 1. The van der Waals surface area contributed by atoms with Crippen molar-refractivity contribution in [3.8, 4) is 5.75 Å². The first-order valence-electron chi connectivity index (χ1n) is 10.6. The van der Waals surface area contributed by atoms with Gasteiger partial charge in [0, 0.05) is 10.9 Å². The molecule has 0 radical (unpaired) electrons. The number of ether oxygens (including phenoxy) is 3. The van der Waals surface area contributed by atoms with Gasteiger partial charge < -0.3 is 24.8 Å². The number of amides is 1. The third-order valence-corrected chi connectivity index (χ3v) is 6.07. The number of anilines is 1. The summed E-state index contributed by atoms with van der Waals surface area (Å²) in [4.78, 5) is 23.9. The van der Waals surface area contributed by atoms with E-state index in [1.165, 1.54) is 12.3 Å². The highest BCUT2D eigenvalue weighted by atomic mass is 19.3. The fraction of sp³-hybridized carbons (Fsp3) is 0.348. The van der Waals surface area contributed by atoms with E-state index in [4.69, 9.17) is 15.2 Å². The summed E-state index contributed by atoms with van der Waals surface area (Å²) < 4.78 is 54.7. The molecular formula is C23H21F3N4O4. The molecule has 1 fully saturated rings. The van der Waals surface area contributed by atoms with Crippen LogP contribution in [-0.4, -0.2) is 46.6 Å². The molecule has 2 aromatic heterocycles. The molecule has 1 amide bonds. The van der Waals surface area contributed by atoms with Crippen LogP contribution in [0.25, 0.3) is 10.9 Å². The zero-order valence-corrected chi connectivity index (χ0v) is 18.1. The maximum absolute atomic E-state index is 14.4. The van der Waals surface area contributed by atoms with Crippen LogP contribution in [0, 0.1) is 5.82 Å². The van der Waals surface area contributed by atoms with Gasteiger partial charge in [-0.1, -0.05) is 6.07 Å². The number of aromatic nitrogens is 2. The van der Waals surface area contributed by atoms with Crippen LogP contribution in [0.5, 0.6) is 5.75 Å². The Bertz CT molecular complexity index is 1270. The molecule has 4 heterocycles. The molecule has 1 aromatic carbocycles. The number of hydrogen-bond acceptors (Lipinski definition) is 7. The Morgan fingerprint density at radius 2 is 2.00 bits per heavy atom. The zero-order valence-electron chi connectivity index (χ0n) is 18.1. The van der Waals surface area contributed by atoms with Gasteiger partial charge in [0.15, 0.2) is 11.6 Å². The number of nitrogens with zero attached hydrogens (tertiary/aromatic N) is 3. The van der Waals surface area contributed by atoms with Crippen molar-refractivity contribution in [2.24, 2.45) is 0 Å². The smallest absolute Gasteiger partial charge is 0.387 e. The molecule has 0 spiro atoms. The number of fused-ring (bicyclic) bond motifs is 3. The minimum Gasteiger partial charge on any atom is -0.432 e. The largest absolute Gasteiger partial charge is 0.432 e. The molecule has 2 aliphatic rings. The van der Waals surface area contributed by atoms with E-state index in [1.54, 1.807) is 11.0 Å². The highest BCUT2D eigenvalue weighted by Crippen LogP contribution is 2.34. The summed E-state index contributed by atoms with van der Waals surface area (Å²) in [7, 11) is 0. The van der Waals surface area contributed by atoms with E-state index in [1.807, 2.05) is 6.92 Å². The van der Waals surface area contributed by atoms with Crippen LogP contribution in [0.15, 0.2) is 30.5 Å². The third kappa shape index (κ3) is 3.90. The maximum Gasteiger partial charge on any atom is 0.387 e. The summed E-state index contributed by atoms with van der Waals surface area (Å²) in [6.45, 7) is -0.226. The van der Waals surface area contributed by atoms with Crippen LogP contribution in [0.3, 0.4) is 0 Å². The maximum atomic E-state index is 14.4. The molecule has 2 N–H and O–H groups in total. The van der Waals surface area contributed by atoms with Crippen molar-refractivity contribution in [3.63, 3.8) is 0 Å². The summed E-state index contributed by atoms with van der Waals surface area (Å²) in [5.41, 5.74) is 8.83. The highest BCUT2D eigenvalue weighted by molar-refractivity contribution is 5.97. The molecule has 0 aliphatic carbocycles. The van der Waals surface area contributed by atoms with E-state index in [9.17, 15) is 18.0 Å². The number of benzene rings is 1. The van der Waals surface area contributed by atoms with Gasteiger partial charge in [-0.15, -0.1) is 0 Å². The van der Waals surface area contributed by atoms with Crippen LogP contribution in [0.4, 0.5) is 19.0 Å². The van der Waals surface area contributed by atoms with Gasteiger partial charge in [-0.25, -0.2) is 14.4 Å². The van der Waals surface area contributed by atoms with Gasteiger partial charge in [0.05, 0.1) is 50.2 Å². The number of nitrogen functional groups attached to an aromatic ring is 1. The van der Waals surface area contributed by atoms with Crippen molar-refractivity contribution in [2.75, 3.05) is 18.9 Å². The second kappa shape index (κ2) is 8.73. The highest BCUT2D eigenvalue weighted by Gasteiger charge is 2.35. The lowest BCUT2D eigenvalue weighted by molar-refractivity contribution is -0.0523. The van der Waals surface area contributed by atoms with Crippen LogP contribution < -0.4 is 10.5 Å². The number of alkyl halides is 2. The van der Waals surface area contributed by atoms with Crippen molar-refractivity contribution >= 4 is 22.6 Å². The lowest BCUT2D eigenvalue weighted by Gasteiger charge is -2.40. The van der Waals surface area contributed by atoms with Crippen molar-refractivity contribution in [1.82, 2.24) is 14.9 Å². The molecule has 11 heteroatoms. The van der Waals surface area contributed by atoms with E-state index in [2.05, 4.69) is 14.7 Å². The molecule has 1 saturated heterocycles. The number of nitrogens with two attached hydrogens (primary N) is 1. The van der Waals surface area contributed by atoms with Crippen LogP contribution in [0.2, 0.25) is 0 Å². The first kappa shape index (κ1) is 22.4. The summed E-state index contributed by atoms with van der Waals surface area (Å²) in [5.74, 6) is -1.52. The number of rotatable bonds is 4. The molecule has 5 rings (SSSR count). The minimum atomic E-state index is -3.15. The van der Waals surface area contributed by atoms with Gasteiger partial charge in [-0.3, -0.25) is 4.79 Å². The Morgan fingerprint density at radius 1 is 1.21 bits per heavy atom. The molecule has 2 atom stereocenters. The summed E-state index contributed by atoms with van der Waals surface area (Å²) in [5, 5.41) is 0.733. The number of carbonyl (C=O) groups is 1. The molecule has 3 aromatic rings. The molecule has 0 saturated carbocycles. The topological polar surface area (TPSA) is 99.8 Å². The minimum absolute atomic E-state index is 0.111. The number of carbonyl (C=O) groups excluding carboxylic acids is 1. The average molecular weight is 474 g/mol. The van der Waals surface area contributed by atoms with E-state index >= 15 is 0 Å². The molecule has 0 unspecified atom stereocenters. The first-order chi connectivity index (χ1) is 16.3. The molecule has 2 aliphatic heterocycles. The van der Waals surface area contributed by atoms with Gasteiger partial charge >= 0.3 is 6.61 Å². The summed E-state index contributed by atoms with van der Waals surface area (Å²) >= 11 is 0. The van der Waals surface area contributed by atoms with Crippen LogP contribution in [0.1, 0.15) is 40.1 Å². The van der Waals surface area contributed by atoms with Gasteiger partial charge in [-0.2, -0.15) is 8.78 Å². The quantitative estimate of drug-likeness (QED) is 0.617. The molecule has 0 bridgehead atoms. The summed E-state index contributed by atoms with van der Waals surface area (Å²) in [6, 6.07) is 4.31. The fourth-order valence-corrected chi connectivity index (χ4v) is 4.46. The Hall–Kier alpha value is -3.44. The van der Waals surface area contributed by atoms with E-state index in [0.717, 1.165) is 28.6 Å². The first-order valence-corrected chi connectivity index (χ1v) is 10.6. The number of pyridine rings is 2. The van der Waals surface area contributed by atoms with E-state index in [-0.39, 0.29) is 30.9 Å². The SMILES string of the molecule is C[C@H]1COC[C@@H](c2ccc(OC(F)F)c(F)c2)N1C(=O)c1cc2c3c(c(N)nc2cn1)COC3. The molecule has 178 valence electrons. The van der Waals surface area contributed by atoms with Crippen molar-refractivity contribution in [1.29, 1.82) is 0 Å². The second-order valence-electron chi connectivity index (χ2n) is 8.22. The normalized spacial score (nSPS) is 20.1. The summed E-state index contributed by atoms with van der Waals surface area (Å²) in [6.07, 6.45) is 1.49. The van der Waals surface area contributed by atoms with Gasteiger partial charge in [0.2, 0.25) is 0 Å². The lowest BCUT2D eigenvalue weighted by Crippen LogP contribution is -2.49. The number of morpholine rings is 1. The molecule has 34 heavy (non-hydrogen) atoms. The fourth-order valence-electron chi connectivity index (χ4n) is 4.46. The Kier molecular flexibility index (Phi) is 5.74. The van der Waals surface area contributed by atoms with Crippen molar-refractivity contribution in [3.05, 3.63) is 58.7 Å². The average Bonchev–Trinajstić information content (AvgIpc) is 3.31. The van der Waals surface area contributed by atoms with Crippen molar-refractivity contribution in [2.45, 2.75) is 38.8 Å². The van der Waals surface area contributed by atoms with Gasteiger partial charge in [0.1, 0.15) is 11.5 Å². The predicted molar refractivity (Wildman–Crippen MR) is 115 cm³/mol. The molecular weight excluding hydrogens is 453 g/mol. The predicted octanol–water partition coefficient (Wildman–Crippen LogP) is 3.58. The van der Waals surface area contributed by atoms with E-state index < -0.39 is 24.2 Å². The van der Waals surface area contributed by atoms with Gasteiger partial charge in [-0.05, 0) is 36.2 Å². The standard InChI is InChI=1S/C23H21F3N4O4/c1-11-7-32-10-19(12-2-3-20(16(24)4-12)34-23(25)26)30(11)22(31)17-5-13-14-8-33-9-15(14)21(27)29-18(13)6-28-17/h2-6,11,19,23H,7-10H2,1H3,(H2,27,29)/t11-,19-/m0/s1. The Labute approximate surface area is 192 Å². The van der Waals surface area contributed by atoms with Crippen LogP contribution in [-0.2, 0) is 22.7 Å². The van der Waals surface area contributed by atoms with E-state index in [0.29, 0.717) is 30.1 Å². The Morgan fingerprint density at radius 3 is 2.76 bits per heavy atom. The molecule has 8 nitrogen and oxygen atoms in total.